The zero-order valence-electron chi connectivity index (χ0n) is 2.83. The molecule has 0 unspecified atom stereocenters. The topological polar surface area (TPSA) is 0 Å². The van der Waals surface area contributed by atoms with Gasteiger partial charge in [-0.2, -0.15) is 0 Å². The van der Waals surface area contributed by atoms with E-state index in [0.29, 0.717) is 0 Å². The summed E-state index contributed by atoms with van der Waals surface area (Å²) in [4.78, 5) is 0. The summed E-state index contributed by atoms with van der Waals surface area (Å²) in [5.74, 6) is 0. The van der Waals surface area contributed by atoms with Crippen LogP contribution in [0.1, 0.15) is 0 Å². The summed E-state index contributed by atoms with van der Waals surface area (Å²) < 4.78 is 0. The molecule has 0 saturated carbocycles. The molecule has 0 aliphatic carbocycles. The predicted octanol–water partition coefficient (Wildman–Crippen LogP) is -3.66. The molecule has 24 valence electrons. The Hall–Kier alpha value is 0.868. The van der Waals surface area contributed by atoms with Crippen molar-refractivity contribution in [3.8, 4) is 0 Å². The van der Waals surface area contributed by atoms with Crippen LogP contribution in [0.5, 0.6) is 0 Å². The molecule has 0 amide bonds. The van der Waals surface area contributed by atoms with Crippen LogP contribution in [-0.4, -0.2) is 34.2 Å². The second kappa shape index (κ2) is 1.34. The Bertz CT molecular complexity index is 8.00. The third kappa shape index (κ3) is 0.422. The number of hydrogen-bond donors (Lipinski definition) is 0. The van der Waals surface area contributed by atoms with E-state index in [0.717, 1.165) is 34.2 Å². The SMILES string of the molecule is [SiH2]1[SiH2][SiH2][SiH2]1. The van der Waals surface area contributed by atoms with Crippen LogP contribution in [0.2, 0.25) is 0 Å². The first kappa shape index (κ1) is 3.07. The molecule has 1 saturated heterocycles. The first-order valence-corrected chi connectivity index (χ1v) is 18.0. The predicted molar refractivity (Wildman–Crippen MR) is 34.2 cm³/mol. The highest BCUT2D eigenvalue weighted by Gasteiger charge is 1.99. The lowest BCUT2D eigenvalue weighted by Gasteiger charge is -2.01. The van der Waals surface area contributed by atoms with E-state index in [-0.39, 0.29) is 0 Å². The van der Waals surface area contributed by atoms with Crippen LogP contribution >= 0.6 is 0 Å². The Kier molecular flexibility index (Phi) is 1.03. The first-order valence-electron chi connectivity index (χ1n) is 2.00. The van der Waals surface area contributed by atoms with Gasteiger partial charge in [0.05, 0.1) is 0 Å². The average Bonchev–Trinajstić information content (AvgIpc) is 0.722. The van der Waals surface area contributed by atoms with Crippen LogP contribution < -0.4 is 0 Å². The van der Waals surface area contributed by atoms with Gasteiger partial charge in [-0.05, 0) is 34.2 Å². The molecule has 4 heteroatoms. The minimum absolute atomic E-state index is 0.944. The molecule has 1 heterocycles. The summed E-state index contributed by atoms with van der Waals surface area (Å²) >= 11 is 0. The van der Waals surface area contributed by atoms with E-state index in [1.54, 1.807) is 0 Å². The molecular formula is H8Si4. The third-order valence-electron chi connectivity index (χ3n) is 1.000. The fourth-order valence-corrected chi connectivity index (χ4v) is 20.2. The standard InChI is InChI=1S/H8Si4/c1-2-4-3-1/h1-4H2. The van der Waals surface area contributed by atoms with Gasteiger partial charge < -0.3 is 0 Å². The van der Waals surface area contributed by atoms with Gasteiger partial charge in [-0.1, -0.05) is 0 Å². The fraction of sp³-hybridized carbons (Fsp3) is 0. The fourth-order valence-electron chi connectivity index (χ4n) is 0.250. The van der Waals surface area contributed by atoms with E-state index in [2.05, 4.69) is 0 Å². The molecular weight excluding hydrogens is 112 g/mol. The van der Waals surface area contributed by atoms with Crippen LogP contribution in [-0.2, 0) is 0 Å². The van der Waals surface area contributed by atoms with E-state index in [9.17, 15) is 0 Å². The molecule has 1 rings (SSSR count). The quantitative estimate of drug-likeness (QED) is 0.289. The molecule has 1 aliphatic heterocycles. The van der Waals surface area contributed by atoms with Crippen molar-refractivity contribution in [2.45, 2.75) is 0 Å². The largest absolute Gasteiger partial charge is 0.00934 e. The maximum absolute atomic E-state index is 0.944. The molecule has 0 aromatic heterocycles. The van der Waals surface area contributed by atoms with Crippen molar-refractivity contribution in [1.82, 2.24) is 0 Å². The van der Waals surface area contributed by atoms with Crippen molar-refractivity contribution >= 4 is 34.2 Å². The maximum atomic E-state index is 0.944. The van der Waals surface area contributed by atoms with Gasteiger partial charge in [0.25, 0.3) is 0 Å². The second-order valence-electron chi connectivity index (χ2n) is 1.41. The Balaban J connectivity index is 2.00. The molecule has 0 N–H and O–H groups in total. The Morgan fingerprint density at radius 2 is 0.750 bits per heavy atom. The van der Waals surface area contributed by atoms with Crippen molar-refractivity contribution in [1.29, 1.82) is 0 Å². The Labute approximate surface area is 34.8 Å². The molecule has 0 bridgehead atoms. The molecule has 0 aromatic carbocycles. The van der Waals surface area contributed by atoms with Crippen molar-refractivity contribution in [2.75, 3.05) is 0 Å². The highest BCUT2D eigenvalue weighted by Crippen LogP contribution is 1.62. The van der Waals surface area contributed by atoms with E-state index >= 15 is 0 Å². The highest BCUT2D eigenvalue weighted by atomic mass is 30.1. The molecule has 0 aromatic rings. The number of rotatable bonds is 0. The smallest absolute Gasteiger partial charge is 0.00934 e. The Morgan fingerprint density at radius 3 is 0.750 bits per heavy atom. The van der Waals surface area contributed by atoms with Crippen molar-refractivity contribution in [3.63, 3.8) is 0 Å². The monoisotopic (exact) mass is 120 g/mol. The minimum atomic E-state index is 0.944. The van der Waals surface area contributed by atoms with Gasteiger partial charge in [0.2, 0.25) is 0 Å². The van der Waals surface area contributed by atoms with E-state index in [1.165, 1.54) is 0 Å². The minimum Gasteiger partial charge on any atom is -0.00934 e. The van der Waals surface area contributed by atoms with Gasteiger partial charge in [0.15, 0.2) is 0 Å². The van der Waals surface area contributed by atoms with Crippen molar-refractivity contribution < 1.29 is 0 Å². The highest BCUT2D eigenvalue weighted by molar-refractivity contribution is 7.75. The number of hydrogen-bond acceptors (Lipinski definition) is 0. The lowest BCUT2D eigenvalue weighted by molar-refractivity contribution is 3.76. The molecule has 1 fully saturated rings. The van der Waals surface area contributed by atoms with Gasteiger partial charge in [-0.25, -0.2) is 0 Å². The van der Waals surface area contributed by atoms with Crippen LogP contribution in [0.4, 0.5) is 0 Å². The maximum Gasteiger partial charge on any atom is -0.00934 e. The van der Waals surface area contributed by atoms with Crippen LogP contribution in [0.25, 0.3) is 0 Å². The van der Waals surface area contributed by atoms with Crippen LogP contribution in [0.3, 0.4) is 0 Å². The second-order valence-corrected chi connectivity index (χ2v) is 38.2. The summed E-state index contributed by atoms with van der Waals surface area (Å²) in [6, 6.07) is 0. The summed E-state index contributed by atoms with van der Waals surface area (Å²) in [6.45, 7) is 0. The van der Waals surface area contributed by atoms with Crippen molar-refractivity contribution in [3.05, 3.63) is 0 Å². The Morgan fingerprint density at radius 1 is 0.500 bits per heavy atom. The lowest BCUT2D eigenvalue weighted by Crippen LogP contribution is -2.38. The lowest BCUT2D eigenvalue weighted by atomic mass is 26.1. The van der Waals surface area contributed by atoms with E-state index in [1.807, 2.05) is 0 Å². The molecule has 0 radical (unpaired) electrons. The van der Waals surface area contributed by atoms with Crippen LogP contribution in [0.15, 0.2) is 0 Å². The third-order valence-corrected chi connectivity index (χ3v) is 81.0. The van der Waals surface area contributed by atoms with Gasteiger partial charge in [-0.15, -0.1) is 0 Å². The summed E-state index contributed by atoms with van der Waals surface area (Å²) in [7, 11) is 3.78. The molecule has 1 aliphatic rings. The summed E-state index contributed by atoms with van der Waals surface area (Å²) in [6.07, 6.45) is 0. The van der Waals surface area contributed by atoms with Gasteiger partial charge >= 0.3 is 0 Å². The van der Waals surface area contributed by atoms with Crippen LogP contribution in [0, 0.1) is 0 Å². The molecule has 0 spiro atoms. The van der Waals surface area contributed by atoms with Gasteiger partial charge in [0, 0.05) is 0 Å². The van der Waals surface area contributed by atoms with E-state index < -0.39 is 0 Å². The zero-order chi connectivity index (χ0) is 2.83. The summed E-state index contributed by atoms with van der Waals surface area (Å²) in [5.41, 5.74) is 0. The van der Waals surface area contributed by atoms with Crippen molar-refractivity contribution in [2.24, 2.45) is 0 Å². The van der Waals surface area contributed by atoms with E-state index in [4.69, 9.17) is 0 Å². The van der Waals surface area contributed by atoms with Gasteiger partial charge in [0.1, 0.15) is 0 Å². The molecule has 0 atom stereocenters. The average molecular weight is 120 g/mol. The summed E-state index contributed by atoms with van der Waals surface area (Å²) in [5, 5.41) is 0. The molecule has 0 nitrogen and oxygen atoms in total. The zero-order valence-corrected chi connectivity index (χ0v) is 8.49. The molecule has 4 heavy (non-hydrogen) atoms. The van der Waals surface area contributed by atoms with Gasteiger partial charge in [-0.3, -0.25) is 0 Å². The first-order chi connectivity index (χ1) is 2.00. The normalized spacial score (nSPS) is 48.0.